The Morgan fingerprint density at radius 1 is 1.21 bits per heavy atom. The van der Waals surface area contributed by atoms with Crippen molar-refractivity contribution in [2.45, 2.75) is 39.0 Å². The molecule has 1 aromatic rings. The monoisotopic (exact) mass is 390 g/mol. The highest BCUT2D eigenvalue weighted by Gasteiger charge is 2.54. The maximum atomic E-state index is 13.1. The fourth-order valence-corrected chi connectivity index (χ4v) is 4.50. The first-order valence-corrected chi connectivity index (χ1v) is 9.37. The van der Waals surface area contributed by atoms with Gasteiger partial charge in [-0.15, -0.1) is 0 Å². The molecule has 6 heteroatoms. The lowest BCUT2D eigenvalue weighted by molar-refractivity contribution is -0.159. The van der Waals surface area contributed by atoms with E-state index in [0.29, 0.717) is 12.8 Å². The van der Waals surface area contributed by atoms with Crippen LogP contribution in [0.4, 0.5) is 0 Å². The maximum Gasteiger partial charge on any atom is 0.313 e. The zero-order valence-electron chi connectivity index (χ0n) is 17.5. The molecular formula is C22H30O6. The number of rotatable bonds is 7. The van der Waals surface area contributed by atoms with E-state index in [1.165, 1.54) is 14.2 Å². The summed E-state index contributed by atoms with van der Waals surface area (Å²) in [5, 5.41) is 0. The molecule has 0 spiro atoms. The Hall–Kier alpha value is -2.50. The van der Waals surface area contributed by atoms with Gasteiger partial charge in [0.25, 0.3) is 0 Å². The molecule has 0 radical (unpaired) electrons. The highest BCUT2D eigenvalue weighted by molar-refractivity contribution is 5.82. The minimum absolute atomic E-state index is 0.0942. The summed E-state index contributed by atoms with van der Waals surface area (Å²) in [6.07, 6.45) is 4.75. The Labute approximate surface area is 166 Å². The summed E-state index contributed by atoms with van der Waals surface area (Å²) in [6.45, 7) is 3.94. The number of ether oxygens (including phenoxy) is 4. The number of aryl methyl sites for hydroxylation is 2. The summed E-state index contributed by atoms with van der Waals surface area (Å²) in [4.78, 5) is 25.5. The molecule has 0 saturated heterocycles. The number of fused-ring (bicyclic) bond motifs is 1. The van der Waals surface area contributed by atoms with Crippen LogP contribution in [0.5, 0.6) is 5.75 Å². The van der Waals surface area contributed by atoms with Gasteiger partial charge in [0, 0.05) is 5.92 Å². The lowest BCUT2D eigenvalue weighted by Crippen LogP contribution is -2.47. The van der Waals surface area contributed by atoms with Crippen LogP contribution >= 0.6 is 0 Å². The SMILES string of the molecule is CO/C=C/[C@@H](C)[C@]1(C(=O)OC)CCc2cc(OC)cc(C)c2[C@@H]1CC(=O)OC. The Kier molecular flexibility index (Phi) is 7.11. The first kappa shape index (κ1) is 21.8. The molecule has 6 nitrogen and oxygen atoms in total. The average molecular weight is 390 g/mol. The summed E-state index contributed by atoms with van der Waals surface area (Å²) in [7, 11) is 5.95. The van der Waals surface area contributed by atoms with Gasteiger partial charge in [0.1, 0.15) is 5.75 Å². The molecule has 28 heavy (non-hydrogen) atoms. The number of hydrogen-bond donors (Lipinski definition) is 0. The van der Waals surface area contributed by atoms with Crippen molar-refractivity contribution in [1.29, 1.82) is 0 Å². The summed E-state index contributed by atoms with van der Waals surface area (Å²) < 4.78 is 20.7. The predicted octanol–water partition coefficient (Wildman–Crippen LogP) is 3.55. The number of hydrogen-bond acceptors (Lipinski definition) is 6. The minimum atomic E-state index is -0.898. The molecular weight excluding hydrogens is 360 g/mol. The van der Waals surface area contributed by atoms with Gasteiger partial charge in [0.05, 0.1) is 46.5 Å². The zero-order valence-corrected chi connectivity index (χ0v) is 17.5. The highest BCUT2D eigenvalue weighted by atomic mass is 16.5. The molecule has 2 rings (SSSR count). The fourth-order valence-electron chi connectivity index (χ4n) is 4.50. The highest BCUT2D eigenvalue weighted by Crippen LogP contribution is 2.54. The number of allylic oxidation sites excluding steroid dienone is 1. The van der Waals surface area contributed by atoms with Gasteiger partial charge < -0.3 is 18.9 Å². The molecule has 0 aromatic heterocycles. The Morgan fingerprint density at radius 3 is 2.50 bits per heavy atom. The molecule has 0 aliphatic heterocycles. The van der Waals surface area contributed by atoms with E-state index in [0.717, 1.165) is 22.4 Å². The van der Waals surface area contributed by atoms with Crippen LogP contribution in [0.2, 0.25) is 0 Å². The second-order valence-electron chi connectivity index (χ2n) is 7.23. The van der Waals surface area contributed by atoms with Crippen molar-refractivity contribution < 1.29 is 28.5 Å². The molecule has 3 atom stereocenters. The van der Waals surface area contributed by atoms with Gasteiger partial charge in [-0.3, -0.25) is 9.59 Å². The normalized spacial score (nSPS) is 22.3. The smallest absolute Gasteiger partial charge is 0.313 e. The van der Waals surface area contributed by atoms with Gasteiger partial charge in [0.2, 0.25) is 0 Å². The number of carbonyl (C=O) groups is 2. The predicted molar refractivity (Wildman–Crippen MR) is 105 cm³/mol. The van der Waals surface area contributed by atoms with Crippen molar-refractivity contribution in [3.8, 4) is 5.75 Å². The molecule has 0 heterocycles. The molecule has 0 bridgehead atoms. The molecule has 1 aliphatic rings. The third kappa shape index (κ3) is 3.86. The van der Waals surface area contributed by atoms with Crippen LogP contribution in [-0.2, 0) is 30.2 Å². The summed E-state index contributed by atoms with van der Waals surface area (Å²) in [5.41, 5.74) is 2.18. The van der Waals surface area contributed by atoms with Crippen LogP contribution in [-0.4, -0.2) is 40.4 Å². The average Bonchev–Trinajstić information content (AvgIpc) is 2.70. The molecule has 0 unspecified atom stereocenters. The van der Waals surface area contributed by atoms with Crippen molar-refractivity contribution >= 4 is 11.9 Å². The van der Waals surface area contributed by atoms with Crippen LogP contribution in [0.15, 0.2) is 24.5 Å². The summed E-state index contributed by atoms with van der Waals surface area (Å²) in [5.74, 6) is -0.492. The number of methoxy groups -OCH3 is 4. The van der Waals surface area contributed by atoms with Gasteiger partial charge in [-0.05, 0) is 60.6 Å². The number of esters is 2. The van der Waals surface area contributed by atoms with E-state index in [9.17, 15) is 9.59 Å². The number of carbonyl (C=O) groups excluding carboxylic acids is 2. The Balaban J connectivity index is 2.71. The van der Waals surface area contributed by atoms with Crippen LogP contribution in [0.3, 0.4) is 0 Å². The van der Waals surface area contributed by atoms with Crippen molar-refractivity contribution in [2.75, 3.05) is 28.4 Å². The van der Waals surface area contributed by atoms with E-state index in [1.807, 2.05) is 32.1 Å². The first-order chi connectivity index (χ1) is 13.3. The van der Waals surface area contributed by atoms with E-state index in [4.69, 9.17) is 18.9 Å². The second kappa shape index (κ2) is 9.13. The van der Waals surface area contributed by atoms with E-state index in [-0.39, 0.29) is 30.2 Å². The van der Waals surface area contributed by atoms with Crippen LogP contribution in [0, 0.1) is 18.3 Å². The molecule has 0 N–H and O–H groups in total. The molecule has 1 aliphatic carbocycles. The van der Waals surface area contributed by atoms with E-state index < -0.39 is 5.41 Å². The lowest BCUT2D eigenvalue weighted by atomic mass is 9.56. The Bertz CT molecular complexity index is 754. The zero-order chi connectivity index (χ0) is 20.9. The quantitative estimate of drug-likeness (QED) is 0.524. The van der Waals surface area contributed by atoms with Gasteiger partial charge >= 0.3 is 11.9 Å². The van der Waals surface area contributed by atoms with Gasteiger partial charge in [0.15, 0.2) is 0 Å². The first-order valence-electron chi connectivity index (χ1n) is 9.37. The molecule has 0 saturated carbocycles. The standard InChI is InChI=1S/C22H30O6/c1-14-11-17(26-4)12-16-7-9-22(21(24)28-6,15(2)8-10-25-3)18(20(14)16)13-19(23)27-5/h8,10-12,15,18H,7,9,13H2,1-6H3/b10-8+/t15-,18+,22-/m1/s1. The van der Waals surface area contributed by atoms with Crippen LogP contribution in [0.1, 0.15) is 42.4 Å². The third-order valence-corrected chi connectivity index (χ3v) is 5.94. The lowest BCUT2D eigenvalue weighted by Gasteiger charge is -2.46. The second-order valence-corrected chi connectivity index (χ2v) is 7.23. The summed E-state index contributed by atoms with van der Waals surface area (Å²) >= 11 is 0. The van der Waals surface area contributed by atoms with Gasteiger partial charge in [-0.1, -0.05) is 6.92 Å². The molecule has 0 amide bonds. The molecule has 154 valence electrons. The fraction of sp³-hybridized carbons (Fsp3) is 0.545. The van der Waals surface area contributed by atoms with Crippen molar-refractivity contribution in [1.82, 2.24) is 0 Å². The van der Waals surface area contributed by atoms with E-state index in [2.05, 4.69) is 0 Å². The molecule has 0 fully saturated rings. The van der Waals surface area contributed by atoms with Gasteiger partial charge in [-0.25, -0.2) is 0 Å². The van der Waals surface area contributed by atoms with Crippen molar-refractivity contribution in [3.63, 3.8) is 0 Å². The Morgan fingerprint density at radius 2 is 1.93 bits per heavy atom. The van der Waals surface area contributed by atoms with Crippen LogP contribution in [0.25, 0.3) is 0 Å². The topological polar surface area (TPSA) is 71.1 Å². The molecule has 1 aromatic carbocycles. The van der Waals surface area contributed by atoms with E-state index in [1.54, 1.807) is 20.5 Å². The van der Waals surface area contributed by atoms with Crippen molar-refractivity contribution in [3.05, 3.63) is 41.2 Å². The van der Waals surface area contributed by atoms with E-state index >= 15 is 0 Å². The minimum Gasteiger partial charge on any atom is -0.505 e. The third-order valence-electron chi connectivity index (χ3n) is 5.94. The largest absolute Gasteiger partial charge is 0.505 e. The van der Waals surface area contributed by atoms with Crippen LogP contribution < -0.4 is 4.74 Å². The maximum absolute atomic E-state index is 13.1. The summed E-state index contributed by atoms with van der Waals surface area (Å²) in [6, 6.07) is 3.93. The van der Waals surface area contributed by atoms with Gasteiger partial charge in [-0.2, -0.15) is 0 Å². The number of benzene rings is 1. The van der Waals surface area contributed by atoms with Crippen molar-refractivity contribution in [2.24, 2.45) is 11.3 Å².